The highest BCUT2D eigenvalue weighted by Gasteiger charge is 2.15. The zero-order valence-corrected chi connectivity index (χ0v) is 15.3. The van der Waals surface area contributed by atoms with Crippen LogP contribution < -0.4 is 14.8 Å². The number of hydrogen-bond donors (Lipinski definition) is 2. The Bertz CT molecular complexity index is 846. The Morgan fingerprint density at radius 2 is 1.80 bits per heavy atom. The van der Waals surface area contributed by atoms with Gasteiger partial charge in [0.05, 0.1) is 17.7 Å². The first-order valence-corrected chi connectivity index (χ1v) is 9.41. The zero-order valence-electron chi connectivity index (χ0n) is 14.5. The molecule has 0 saturated carbocycles. The molecule has 0 aliphatic heterocycles. The fourth-order valence-electron chi connectivity index (χ4n) is 2.22. The van der Waals surface area contributed by atoms with Crippen LogP contribution in [-0.2, 0) is 10.0 Å². The molecule has 0 heterocycles. The number of carbonyl (C=O) groups is 1. The normalized spacial score (nSPS) is 11.2. The van der Waals surface area contributed by atoms with Gasteiger partial charge in [-0.25, -0.2) is 13.1 Å². The van der Waals surface area contributed by atoms with Gasteiger partial charge in [-0.05, 0) is 55.3 Å². The number of hydrogen-bond acceptors (Lipinski definition) is 4. The van der Waals surface area contributed by atoms with E-state index in [-0.39, 0.29) is 10.8 Å². The minimum absolute atomic E-state index is 0.130. The number of sulfonamides is 1. The third kappa shape index (κ3) is 4.80. The number of rotatable bonds is 7. The van der Waals surface area contributed by atoms with Gasteiger partial charge in [-0.2, -0.15) is 0 Å². The van der Waals surface area contributed by atoms with Gasteiger partial charge in [0.1, 0.15) is 5.75 Å². The Hall–Kier alpha value is -2.38. The maximum absolute atomic E-state index is 12.4. The summed E-state index contributed by atoms with van der Waals surface area (Å²) in [6, 6.07) is 11.3. The monoisotopic (exact) mass is 362 g/mol. The summed E-state index contributed by atoms with van der Waals surface area (Å²) in [7, 11) is -2.01. The molecule has 0 saturated heterocycles. The summed E-state index contributed by atoms with van der Waals surface area (Å²) < 4.78 is 31.8. The first-order valence-electron chi connectivity index (χ1n) is 7.93. The van der Waals surface area contributed by atoms with Crippen LogP contribution in [0.2, 0.25) is 0 Å². The Morgan fingerprint density at radius 1 is 1.12 bits per heavy atom. The van der Waals surface area contributed by atoms with E-state index in [1.54, 1.807) is 6.07 Å². The lowest BCUT2D eigenvalue weighted by Crippen LogP contribution is -2.24. The van der Waals surface area contributed by atoms with Crippen molar-refractivity contribution in [1.29, 1.82) is 0 Å². The number of amides is 1. The lowest BCUT2D eigenvalue weighted by Gasteiger charge is -2.11. The van der Waals surface area contributed by atoms with E-state index in [0.29, 0.717) is 30.0 Å². The predicted molar refractivity (Wildman–Crippen MR) is 97.6 cm³/mol. The maximum Gasteiger partial charge on any atom is 0.255 e. The van der Waals surface area contributed by atoms with E-state index in [1.807, 2.05) is 26.0 Å². The number of anilines is 1. The molecule has 0 radical (unpaired) electrons. The van der Waals surface area contributed by atoms with E-state index in [1.165, 1.54) is 31.4 Å². The van der Waals surface area contributed by atoms with E-state index in [4.69, 9.17) is 4.74 Å². The Kier molecular flexibility index (Phi) is 6.17. The van der Waals surface area contributed by atoms with Gasteiger partial charge in [0.15, 0.2) is 0 Å². The highest BCUT2D eigenvalue weighted by atomic mass is 32.2. The summed E-state index contributed by atoms with van der Waals surface area (Å²) in [5.41, 5.74) is 1.91. The third-order valence-electron chi connectivity index (χ3n) is 3.57. The Balaban J connectivity index is 2.17. The molecular formula is C18H22N2O4S. The number of ether oxygens (including phenoxy) is 1. The molecule has 0 spiro atoms. The molecule has 2 aromatic rings. The molecule has 0 aliphatic rings. The quantitative estimate of drug-likeness (QED) is 0.793. The van der Waals surface area contributed by atoms with Gasteiger partial charge >= 0.3 is 0 Å². The molecule has 134 valence electrons. The molecule has 2 N–H and O–H groups in total. The minimum Gasteiger partial charge on any atom is -0.495 e. The fraction of sp³-hybridized carbons (Fsp3) is 0.278. The van der Waals surface area contributed by atoms with Crippen LogP contribution in [0.1, 0.15) is 29.3 Å². The summed E-state index contributed by atoms with van der Waals surface area (Å²) >= 11 is 0. The van der Waals surface area contributed by atoms with Crippen LogP contribution in [0.5, 0.6) is 5.75 Å². The van der Waals surface area contributed by atoms with Crippen LogP contribution in [0.15, 0.2) is 47.4 Å². The second kappa shape index (κ2) is 8.13. The second-order valence-corrected chi connectivity index (χ2v) is 7.35. The Morgan fingerprint density at radius 3 is 2.40 bits per heavy atom. The SMILES string of the molecule is CCCNS(=O)(=O)c1ccc(C(=O)Nc2cc(C)ccc2OC)cc1. The van der Waals surface area contributed by atoms with Crippen LogP contribution in [-0.4, -0.2) is 28.0 Å². The van der Waals surface area contributed by atoms with Crippen LogP contribution in [0.4, 0.5) is 5.69 Å². The predicted octanol–water partition coefficient (Wildman–Crippen LogP) is 2.94. The Labute approximate surface area is 148 Å². The topological polar surface area (TPSA) is 84.5 Å². The molecule has 0 fully saturated rings. The summed E-state index contributed by atoms with van der Waals surface area (Å²) in [5, 5.41) is 2.78. The molecule has 0 atom stereocenters. The average molecular weight is 362 g/mol. The van der Waals surface area contributed by atoms with Crippen LogP contribution >= 0.6 is 0 Å². The third-order valence-corrected chi connectivity index (χ3v) is 5.05. The first kappa shape index (κ1) is 19.0. The summed E-state index contributed by atoms with van der Waals surface area (Å²) in [6.45, 7) is 4.17. The van der Waals surface area contributed by atoms with Gasteiger partial charge < -0.3 is 10.1 Å². The van der Waals surface area contributed by atoms with Crippen molar-refractivity contribution in [3.05, 3.63) is 53.6 Å². The van der Waals surface area contributed by atoms with Crippen molar-refractivity contribution in [2.45, 2.75) is 25.2 Å². The maximum atomic E-state index is 12.4. The largest absolute Gasteiger partial charge is 0.495 e. The van der Waals surface area contributed by atoms with Crippen molar-refractivity contribution in [2.75, 3.05) is 19.0 Å². The summed E-state index contributed by atoms with van der Waals surface area (Å²) in [4.78, 5) is 12.5. The number of carbonyl (C=O) groups excluding carboxylic acids is 1. The standard InChI is InChI=1S/C18H22N2O4S/c1-4-11-19-25(22,23)15-8-6-14(7-9-15)18(21)20-16-12-13(2)5-10-17(16)24-3/h5-10,12,19H,4,11H2,1-3H3,(H,20,21). The smallest absolute Gasteiger partial charge is 0.255 e. The van der Waals surface area contributed by atoms with Gasteiger partial charge in [0.2, 0.25) is 10.0 Å². The minimum atomic E-state index is -3.54. The molecule has 0 unspecified atom stereocenters. The molecule has 0 aromatic heterocycles. The lowest BCUT2D eigenvalue weighted by molar-refractivity contribution is 0.102. The van der Waals surface area contributed by atoms with E-state index in [2.05, 4.69) is 10.0 Å². The molecule has 6 nitrogen and oxygen atoms in total. The van der Waals surface area contributed by atoms with Gasteiger partial charge in [-0.3, -0.25) is 4.79 Å². The molecule has 7 heteroatoms. The molecule has 2 rings (SSSR count). The van der Waals surface area contributed by atoms with Gasteiger partial charge in [-0.1, -0.05) is 13.0 Å². The van der Waals surface area contributed by atoms with Crippen molar-refractivity contribution < 1.29 is 17.9 Å². The molecule has 2 aromatic carbocycles. The van der Waals surface area contributed by atoms with E-state index < -0.39 is 10.0 Å². The highest BCUT2D eigenvalue weighted by molar-refractivity contribution is 7.89. The summed E-state index contributed by atoms with van der Waals surface area (Å²) in [6.07, 6.45) is 0.706. The van der Waals surface area contributed by atoms with Crippen LogP contribution in [0.3, 0.4) is 0 Å². The molecule has 25 heavy (non-hydrogen) atoms. The van der Waals surface area contributed by atoms with Gasteiger partial charge in [0, 0.05) is 12.1 Å². The second-order valence-electron chi connectivity index (χ2n) is 5.58. The van der Waals surface area contributed by atoms with Crippen LogP contribution in [0, 0.1) is 6.92 Å². The van der Waals surface area contributed by atoms with E-state index in [0.717, 1.165) is 5.56 Å². The zero-order chi connectivity index (χ0) is 18.4. The molecule has 1 amide bonds. The molecule has 0 bridgehead atoms. The molecular weight excluding hydrogens is 340 g/mol. The summed E-state index contributed by atoms with van der Waals surface area (Å²) in [5.74, 6) is 0.219. The molecule has 0 aliphatic carbocycles. The van der Waals surface area contributed by atoms with Crippen molar-refractivity contribution in [3.63, 3.8) is 0 Å². The van der Waals surface area contributed by atoms with Gasteiger partial charge in [0.25, 0.3) is 5.91 Å². The van der Waals surface area contributed by atoms with E-state index >= 15 is 0 Å². The van der Waals surface area contributed by atoms with Crippen LogP contribution in [0.25, 0.3) is 0 Å². The number of aryl methyl sites for hydroxylation is 1. The van der Waals surface area contributed by atoms with Crippen molar-refractivity contribution in [2.24, 2.45) is 0 Å². The average Bonchev–Trinajstić information content (AvgIpc) is 2.60. The van der Waals surface area contributed by atoms with Crippen molar-refractivity contribution in [1.82, 2.24) is 4.72 Å². The number of methoxy groups -OCH3 is 1. The highest BCUT2D eigenvalue weighted by Crippen LogP contribution is 2.25. The van der Waals surface area contributed by atoms with Crippen molar-refractivity contribution >= 4 is 21.6 Å². The van der Waals surface area contributed by atoms with Gasteiger partial charge in [-0.15, -0.1) is 0 Å². The number of nitrogens with one attached hydrogen (secondary N) is 2. The first-order chi connectivity index (χ1) is 11.9. The number of benzene rings is 2. The lowest BCUT2D eigenvalue weighted by atomic mass is 10.1. The van der Waals surface area contributed by atoms with E-state index in [9.17, 15) is 13.2 Å². The fourth-order valence-corrected chi connectivity index (χ4v) is 3.35. The van der Waals surface area contributed by atoms with Crippen molar-refractivity contribution in [3.8, 4) is 5.75 Å².